The minimum absolute atomic E-state index is 0. The minimum atomic E-state index is -3.35. The zero-order valence-corrected chi connectivity index (χ0v) is 14.5. The zero-order valence-electron chi connectivity index (χ0n) is 12.9. The third-order valence-corrected chi connectivity index (χ3v) is 6.52. The Labute approximate surface area is 139 Å². The summed E-state index contributed by atoms with van der Waals surface area (Å²) in [5, 5.41) is 3.11. The molecule has 2 aliphatic heterocycles. The summed E-state index contributed by atoms with van der Waals surface area (Å²) in [6.07, 6.45) is 2.71. The van der Waals surface area contributed by atoms with Crippen LogP contribution in [0, 0.1) is 0 Å². The van der Waals surface area contributed by atoms with Gasteiger partial charge in [-0.25, -0.2) is 0 Å². The number of benzene rings is 1. The molecule has 1 fully saturated rings. The summed E-state index contributed by atoms with van der Waals surface area (Å²) >= 11 is 0. The Balaban J connectivity index is 0.00000176. The lowest BCUT2D eigenvalue weighted by Crippen LogP contribution is -2.49. The van der Waals surface area contributed by atoms with Crippen molar-refractivity contribution in [2.45, 2.75) is 31.8 Å². The first-order chi connectivity index (χ1) is 10.1. The minimum Gasteiger partial charge on any atom is -0.318 e. The van der Waals surface area contributed by atoms with Crippen LogP contribution in [0.1, 0.15) is 24.0 Å². The van der Waals surface area contributed by atoms with E-state index in [1.165, 1.54) is 5.56 Å². The maximum absolute atomic E-state index is 12.9. The predicted molar refractivity (Wildman–Crippen MR) is 90.4 cm³/mol. The fraction of sp³-hybridized carbons (Fsp3) is 0.600. The van der Waals surface area contributed by atoms with Crippen LogP contribution >= 0.6 is 12.4 Å². The Morgan fingerprint density at radius 1 is 1.23 bits per heavy atom. The van der Waals surface area contributed by atoms with E-state index in [2.05, 4.69) is 11.4 Å². The Morgan fingerprint density at radius 3 is 2.68 bits per heavy atom. The van der Waals surface area contributed by atoms with Crippen molar-refractivity contribution >= 4 is 22.6 Å². The van der Waals surface area contributed by atoms with E-state index in [4.69, 9.17) is 0 Å². The van der Waals surface area contributed by atoms with Gasteiger partial charge in [0, 0.05) is 32.2 Å². The summed E-state index contributed by atoms with van der Waals surface area (Å²) in [5.74, 6) is 0. The average Bonchev–Trinajstić information content (AvgIpc) is 2.96. The summed E-state index contributed by atoms with van der Waals surface area (Å²) in [6.45, 7) is 2.46. The third kappa shape index (κ3) is 3.31. The van der Waals surface area contributed by atoms with Gasteiger partial charge in [0.2, 0.25) is 0 Å². The standard InChI is InChI=1S/C15H23N3O2S.ClH/c1-16-11-15-7-4-9-18(15)21(19,20)17-10-8-13-5-2-3-6-14(13)12-17;/h2-3,5-6,15-16H,4,7-12H2,1H3;1H. The molecule has 2 aliphatic rings. The molecule has 1 atom stereocenters. The van der Waals surface area contributed by atoms with Gasteiger partial charge < -0.3 is 5.32 Å². The normalized spacial score (nSPS) is 23.0. The molecular weight excluding hydrogens is 322 g/mol. The van der Waals surface area contributed by atoms with Crippen LogP contribution in [0.25, 0.3) is 0 Å². The van der Waals surface area contributed by atoms with E-state index in [1.807, 2.05) is 25.2 Å². The molecule has 0 aliphatic carbocycles. The monoisotopic (exact) mass is 345 g/mol. The predicted octanol–water partition coefficient (Wildman–Crippen LogP) is 1.40. The highest BCUT2D eigenvalue weighted by Gasteiger charge is 2.38. The van der Waals surface area contributed by atoms with Gasteiger partial charge >= 0.3 is 0 Å². The van der Waals surface area contributed by atoms with Crippen LogP contribution in [0.3, 0.4) is 0 Å². The zero-order chi connectivity index (χ0) is 14.9. The van der Waals surface area contributed by atoms with E-state index in [1.54, 1.807) is 8.61 Å². The van der Waals surface area contributed by atoms with Crippen molar-refractivity contribution in [1.29, 1.82) is 0 Å². The average molecular weight is 346 g/mol. The van der Waals surface area contributed by atoms with Gasteiger partial charge in [0.15, 0.2) is 0 Å². The van der Waals surface area contributed by atoms with E-state index in [0.29, 0.717) is 19.6 Å². The first-order valence-electron chi connectivity index (χ1n) is 7.61. The fourth-order valence-corrected chi connectivity index (χ4v) is 5.21. The highest BCUT2D eigenvalue weighted by Crippen LogP contribution is 2.27. The topological polar surface area (TPSA) is 52.7 Å². The molecule has 0 radical (unpaired) electrons. The molecule has 22 heavy (non-hydrogen) atoms. The molecule has 1 unspecified atom stereocenters. The maximum atomic E-state index is 12.9. The van der Waals surface area contributed by atoms with E-state index < -0.39 is 10.2 Å². The second kappa shape index (κ2) is 7.27. The lowest BCUT2D eigenvalue weighted by molar-refractivity contribution is 0.311. The Morgan fingerprint density at radius 2 is 1.95 bits per heavy atom. The molecule has 1 aromatic carbocycles. The van der Waals surface area contributed by atoms with Gasteiger partial charge in [0.05, 0.1) is 0 Å². The highest BCUT2D eigenvalue weighted by atomic mass is 35.5. The van der Waals surface area contributed by atoms with Crippen LogP contribution in [0.15, 0.2) is 24.3 Å². The number of nitrogens with zero attached hydrogens (tertiary/aromatic N) is 2. The van der Waals surface area contributed by atoms with Crippen molar-refractivity contribution in [2.24, 2.45) is 0 Å². The highest BCUT2D eigenvalue weighted by molar-refractivity contribution is 7.86. The number of rotatable bonds is 4. The second-order valence-corrected chi connectivity index (χ2v) is 7.71. The molecule has 1 saturated heterocycles. The molecule has 1 aromatic rings. The largest absolute Gasteiger partial charge is 0.318 e. The summed E-state index contributed by atoms with van der Waals surface area (Å²) < 4.78 is 29.1. The number of hydrogen-bond donors (Lipinski definition) is 1. The number of hydrogen-bond acceptors (Lipinski definition) is 3. The number of halogens is 1. The van der Waals surface area contributed by atoms with E-state index in [9.17, 15) is 8.42 Å². The Kier molecular flexibility index (Phi) is 5.85. The Hall–Kier alpha value is -0.660. The molecule has 2 heterocycles. The first-order valence-corrected chi connectivity index (χ1v) is 9.01. The SMILES string of the molecule is CNCC1CCCN1S(=O)(=O)N1CCc2ccccc2C1.Cl. The molecule has 3 rings (SSSR count). The molecule has 124 valence electrons. The Bertz CT molecular complexity index is 609. The third-order valence-electron chi connectivity index (χ3n) is 4.48. The van der Waals surface area contributed by atoms with E-state index in [0.717, 1.165) is 31.4 Å². The van der Waals surface area contributed by atoms with Crippen molar-refractivity contribution < 1.29 is 8.42 Å². The molecule has 5 nitrogen and oxygen atoms in total. The van der Waals surface area contributed by atoms with Gasteiger partial charge in [-0.05, 0) is 37.4 Å². The molecule has 1 N–H and O–H groups in total. The van der Waals surface area contributed by atoms with Gasteiger partial charge in [-0.3, -0.25) is 0 Å². The first kappa shape index (κ1) is 17.7. The molecule has 7 heteroatoms. The summed E-state index contributed by atoms with van der Waals surface area (Å²) in [5.41, 5.74) is 2.41. The van der Waals surface area contributed by atoms with Crippen LogP contribution < -0.4 is 5.32 Å². The fourth-order valence-electron chi connectivity index (χ4n) is 3.37. The quantitative estimate of drug-likeness (QED) is 0.897. The van der Waals surface area contributed by atoms with E-state index in [-0.39, 0.29) is 18.4 Å². The van der Waals surface area contributed by atoms with Crippen molar-refractivity contribution in [1.82, 2.24) is 13.9 Å². The van der Waals surface area contributed by atoms with Crippen molar-refractivity contribution in [3.8, 4) is 0 Å². The molecular formula is C15H24ClN3O2S. The summed E-state index contributed by atoms with van der Waals surface area (Å²) in [4.78, 5) is 0. The van der Waals surface area contributed by atoms with E-state index >= 15 is 0 Å². The van der Waals surface area contributed by atoms with Crippen LogP contribution in [-0.2, 0) is 23.2 Å². The van der Waals surface area contributed by atoms with Gasteiger partial charge in [-0.15, -0.1) is 12.4 Å². The van der Waals surface area contributed by atoms with Crippen molar-refractivity contribution in [3.05, 3.63) is 35.4 Å². The number of likely N-dealkylation sites (N-methyl/N-ethyl adjacent to an activating group) is 1. The molecule has 0 amide bonds. The lowest BCUT2D eigenvalue weighted by Gasteiger charge is -2.33. The summed E-state index contributed by atoms with van der Waals surface area (Å²) in [6, 6.07) is 8.23. The molecule has 0 bridgehead atoms. The number of nitrogens with one attached hydrogen (secondary N) is 1. The van der Waals surface area contributed by atoms with Crippen LogP contribution in [0.2, 0.25) is 0 Å². The van der Waals surface area contributed by atoms with Gasteiger partial charge in [-0.2, -0.15) is 17.0 Å². The van der Waals surface area contributed by atoms with Crippen LogP contribution in [-0.4, -0.2) is 49.8 Å². The smallest absolute Gasteiger partial charge is 0.282 e. The maximum Gasteiger partial charge on any atom is 0.282 e. The second-order valence-electron chi connectivity index (χ2n) is 5.82. The van der Waals surface area contributed by atoms with Crippen molar-refractivity contribution in [2.75, 3.05) is 26.7 Å². The van der Waals surface area contributed by atoms with Gasteiger partial charge in [0.25, 0.3) is 10.2 Å². The summed E-state index contributed by atoms with van der Waals surface area (Å²) in [7, 11) is -1.47. The van der Waals surface area contributed by atoms with Crippen molar-refractivity contribution in [3.63, 3.8) is 0 Å². The van der Waals surface area contributed by atoms with Crippen LogP contribution in [0.5, 0.6) is 0 Å². The molecule has 0 aromatic heterocycles. The lowest BCUT2D eigenvalue weighted by atomic mass is 10.0. The number of fused-ring (bicyclic) bond motifs is 1. The molecule has 0 spiro atoms. The van der Waals surface area contributed by atoms with Crippen LogP contribution in [0.4, 0.5) is 0 Å². The van der Waals surface area contributed by atoms with Gasteiger partial charge in [-0.1, -0.05) is 24.3 Å². The molecule has 0 saturated carbocycles. The van der Waals surface area contributed by atoms with Gasteiger partial charge in [0.1, 0.15) is 0 Å².